The van der Waals surface area contributed by atoms with Gasteiger partial charge in [-0.1, -0.05) is 24.3 Å². The molecule has 3 heteroatoms. The summed E-state index contributed by atoms with van der Waals surface area (Å²) in [5.41, 5.74) is 3.16. The first-order valence-corrected chi connectivity index (χ1v) is 7.10. The first kappa shape index (κ1) is 14.9. The van der Waals surface area contributed by atoms with Gasteiger partial charge in [-0.2, -0.15) is 5.26 Å². The first-order valence-electron chi connectivity index (χ1n) is 7.10. The predicted molar refractivity (Wildman–Crippen MR) is 85.7 cm³/mol. The highest BCUT2D eigenvalue weighted by atomic mass is 16.5. The number of rotatable bonds is 6. The maximum absolute atomic E-state index is 8.85. The van der Waals surface area contributed by atoms with E-state index in [1.54, 1.807) is 12.1 Å². The maximum atomic E-state index is 8.85. The third kappa shape index (κ3) is 4.25. The van der Waals surface area contributed by atoms with Crippen LogP contribution >= 0.6 is 0 Å². The summed E-state index contributed by atoms with van der Waals surface area (Å²) in [7, 11) is 2.10. The van der Waals surface area contributed by atoms with Crippen molar-refractivity contribution in [2.75, 3.05) is 25.1 Å². The third-order valence-electron chi connectivity index (χ3n) is 3.40. The molecule has 0 amide bonds. The van der Waals surface area contributed by atoms with E-state index in [1.807, 2.05) is 12.1 Å². The van der Waals surface area contributed by atoms with Gasteiger partial charge in [0.2, 0.25) is 0 Å². The van der Waals surface area contributed by atoms with Crippen LogP contribution in [-0.2, 0) is 0 Å². The van der Waals surface area contributed by atoms with Gasteiger partial charge >= 0.3 is 0 Å². The lowest BCUT2D eigenvalue weighted by molar-refractivity contribution is 0.312. The van der Waals surface area contributed by atoms with Crippen LogP contribution in [0.4, 0.5) is 5.69 Å². The van der Waals surface area contributed by atoms with Gasteiger partial charge in [0.1, 0.15) is 5.75 Å². The minimum absolute atomic E-state index is 0.629. The fourth-order valence-corrected chi connectivity index (χ4v) is 2.26. The van der Waals surface area contributed by atoms with Gasteiger partial charge in [0.25, 0.3) is 0 Å². The second-order valence-electron chi connectivity index (χ2n) is 5.05. The van der Waals surface area contributed by atoms with Gasteiger partial charge in [-0.3, -0.25) is 0 Å². The normalized spacial score (nSPS) is 9.95. The fourth-order valence-electron chi connectivity index (χ4n) is 2.26. The summed E-state index contributed by atoms with van der Waals surface area (Å²) in [6.07, 6.45) is 0.932. The molecule has 0 radical (unpaired) electrons. The zero-order valence-corrected chi connectivity index (χ0v) is 12.5. The van der Waals surface area contributed by atoms with Crippen molar-refractivity contribution in [3.63, 3.8) is 0 Å². The highest BCUT2D eigenvalue weighted by molar-refractivity contribution is 5.52. The quantitative estimate of drug-likeness (QED) is 0.756. The van der Waals surface area contributed by atoms with Crippen molar-refractivity contribution in [2.45, 2.75) is 13.3 Å². The first-order chi connectivity index (χ1) is 10.2. The highest BCUT2D eigenvalue weighted by Gasteiger charge is 2.03. The molecule has 108 valence electrons. The molecule has 0 aromatic heterocycles. The summed E-state index contributed by atoms with van der Waals surface area (Å²) < 4.78 is 5.69. The van der Waals surface area contributed by atoms with E-state index in [0.29, 0.717) is 12.2 Å². The molecule has 0 aliphatic carbocycles. The van der Waals surface area contributed by atoms with Crippen molar-refractivity contribution in [3.8, 4) is 11.8 Å². The van der Waals surface area contributed by atoms with E-state index in [9.17, 15) is 0 Å². The fraction of sp³-hybridized carbons (Fsp3) is 0.278. The summed E-state index contributed by atoms with van der Waals surface area (Å²) in [5, 5.41) is 8.85. The highest BCUT2D eigenvalue weighted by Crippen LogP contribution is 2.18. The molecule has 0 fully saturated rings. The summed E-state index contributed by atoms with van der Waals surface area (Å²) in [5.74, 6) is 0.757. The van der Waals surface area contributed by atoms with Crippen LogP contribution in [0.5, 0.6) is 5.75 Å². The van der Waals surface area contributed by atoms with Crippen molar-refractivity contribution in [1.82, 2.24) is 0 Å². The lowest BCUT2D eigenvalue weighted by atomic mass is 10.2. The van der Waals surface area contributed by atoms with E-state index in [-0.39, 0.29) is 0 Å². The second kappa shape index (κ2) is 7.35. The molecule has 2 aromatic rings. The monoisotopic (exact) mass is 280 g/mol. The Morgan fingerprint density at radius 3 is 2.71 bits per heavy atom. The molecule has 0 saturated carbocycles. The summed E-state index contributed by atoms with van der Waals surface area (Å²) in [6.45, 7) is 3.70. The molecular weight excluding hydrogens is 260 g/mol. The largest absolute Gasteiger partial charge is 0.493 e. The zero-order valence-electron chi connectivity index (χ0n) is 12.5. The Balaban J connectivity index is 1.79. The predicted octanol–water partition coefficient (Wildman–Crippen LogP) is 3.77. The van der Waals surface area contributed by atoms with E-state index in [4.69, 9.17) is 10.00 Å². The van der Waals surface area contributed by atoms with Crippen LogP contribution in [0.25, 0.3) is 0 Å². The lowest BCUT2D eigenvalue weighted by Gasteiger charge is -2.21. The number of nitriles is 1. The van der Waals surface area contributed by atoms with Gasteiger partial charge < -0.3 is 9.64 Å². The van der Waals surface area contributed by atoms with Crippen molar-refractivity contribution < 1.29 is 4.74 Å². The molecule has 21 heavy (non-hydrogen) atoms. The van der Waals surface area contributed by atoms with Crippen LogP contribution in [-0.4, -0.2) is 20.2 Å². The topological polar surface area (TPSA) is 36.3 Å². The summed E-state index contributed by atoms with van der Waals surface area (Å²) in [4.78, 5) is 2.24. The molecule has 0 aliphatic rings. The molecule has 0 spiro atoms. The molecule has 0 aliphatic heterocycles. The molecule has 2 aromatic carbocycles. The average Bonchev–Trinajstić information content (AvgIpc) is 2.52. The Bertz CT molecular complexity index is 631. The molecule has 0 bridgehead atoms. The number of aryl methyl sites for hydroxylation is 1. The Morgan fingerprint density at radius 2 is 1.95 bits per heavy atom. The van der Waals surface area contributed by atoms with Crippen LogP contribution in [0.2, 0.25) is 0 Å². The number of hydrogen-bond acceptors (Lipinski definition) is 3. The van der Waals surface area contributed by atoms with Crippen LogP contribution in [0.3, 0.4) is 0 Å². The van der Waals surface area contributed by atoms with Crippen molar-refractivity contribution >= 4 is 5.69 Å². The van der Waals surface area contributed by atoms with Gasteiger partial charge in [-0.05, 0) is 43.2 Å². The number of nitrogens with zero attached hydrogens (tertiary/aromatic N) is 2. The van der Waals surface area contributed by atoms with Crippen molar-refractivity contribution in [2.24, 2.45) is 0 Å². The van der Waals surface area contributed by atoms with Crippen LogP contribution in [0, 0.1) is 18.3 Å². The van der Waals surface area contributed by atoms with Gasteiger partial charge in [0.05, 0.1) is 18.2 Å². The minimum atomic E-state index is 0.629. The smallest absolute Gasteiger partial charge is 0.120 e. The van der Waals surface area contributed by atoms with Crippen LogP contribution in [0.15, 0.2) is 48.5 Å². The van der Waals surface area contributed by atoms with Gasteiger partial charge in [-0.25, -0.2) is 0 Å². The van der Waals surface area contributed by atoms with E-state index in [1.165, 1.54) is 11.3 Å². The molecule has 0 unspecified atom stereocenters. The zero-order chi connectivity index (χ0) is 15.1. The second-order valence-corrected chi connectivity index (χ2v) is 5.05. The van der Waals surface area contributed by atoms with Crippen LogP contribution in [0.1, 0.15) is 17.5 Å². The number of ether oxygens (including phenoxy) is 1. The Labute approximate surface area is 126 Å². The number of para-hydroxylation sites is 1. The minimum Gasteiger partial charge on any atom is -0.493 e. The molecule has 2 rings (SSSR count). The third-order valence-corrected chi connectivity index (χ3v) is 3.40. The number of anilines is 1. The van der Waals surface area contributed by atoms with Crippen molar-refractivity contribution in [1.29, 1.82) is 5.26 Å². The Kier molecular flexibility index (Phi) is 5.22. The van der Waals surface area contributed by atoms with Crippen molar-refractivity contribution in [3.05, 3.63) is 59.7 Å². The van der Waals surface area contributed by atoms with Gasteiger partial charge in [0.15, 0.2) is 0 Å². The molecule has 0 N–H and O–H groups in total. The standard InChI is InChI=1S/C18H20N2O/c1-15-7-3-4-10-18(15)20(2)11-6-12-21-17-9-5-8-16(13-17)14-19/h3-5,7-10,13H,6,11-12H2,1-2H3. The summed E-state index contributed by atoms with van der Waals surface area (Å²) in [6, 6.07) is 17.7. The van der Waals surface area contributed by atoms with Gasteiger partial charge in [-0.15, -0.1) is 0 Å². The van der Waals surface area contributed by atoms with E-state index < -0.39 is 0 Å². The van der Waals surface area contributed by atoms with E-state index in [0.717, 1.165) is 18.7 Å². The SMILES string of the molecule is Cc1ccccc1N(C)CCCOc1cccc(C#N)c1. The average molecular weight is 280 g/mol. The Morgan fingerprint density at radius 1 is 1.14 bits per heavy atom. The molecule has 3 nitrogen and oxygen atoms in total. The summed E-state index contributed by atoms with van der Waals surface area (Å²) >= 11 is 0. The number of hydrogen-bond donors (Lipinski definition) is 0. The molecule has 0 saturated heterocycles. The molecule has 0 heterocycles. The van der Waals surface area contributed by atoms with Gasteiger partial charge in [0, 0.05) is 19.3 Å². The molecule has 0 atom stereocenters. The van der Waals surface area contributed by atoms with Crippen LogP contribution < -0.4 is 9.64 Å². The van der Waals surface area contributed by atoms with E-state index in [2.05, 4.69) is 49.2 Å². The lowest BCUT2D eigenvalue weighted by Crippen LogP contribution is -2.21. The van der Waals surface area contributed by atoms with E-state index >= 15 is 0 Å². The maximum Gasteiger partial charge on any atom is 0.120 e. The number of benzene rings is 2. The Hall–Kier alpha value is -2.47. The molecular formula is C18H20N2O.